The van der Waals surface area contributed by atoms with Gasteiger partial charge >= 0.3 is 0 Å². The third-order valence-corrected chi connectivity index (χ3v) is 6.83. The summed E-state index contributed by atoms with van der Waals surface area (Å²) in [5.41, 5.74) is 3.04. The summed E-state index contributed by atoms with van der Waals surface area (Å²) in [4.78, 5) is 33.6. The van der Waals surface area contributed by atoms with Crippen molar-refractivity contribution in [1.82, 2.24) is 15.2 Å². The number of terminal acetylenes is 1. The van der Waals surface area contributed by atoms with Crippen molar-refractivity contribution in [3.8, 4) is 23.5 Å². The van der Waals surface area contributed by atoms with Gasteiger partial charge in [0.25, 0.3) is 5.91 Å². The second kappa shape index (κ2) is 9.37. The molecule has 1 aromatic carbocycles. The zero-order valence-electron chi connectivity index (χ0n) is 18.0. The molecule has 1 atom stereocenters. The highest BCUT2D eigenvalue weighted by Crippen LogP contribution is 2.38. The van der Waals surface area contributed by atoms with Gasteiger partial charge in [0.15, 0.2) is 0 Å². The monoisotopic (exact) mass is 443 g/mol. The Labute approximate surface area is 192 Å². The number of aryl methyl sites for hydroxylation is 1. The molecule has 3 heterocycles. The molecule has 2 aromatic heterocycles. The predicted molar refractivity (Wildman–Crippen MR) is 127 cm³/mol. The molecule has 32 heavy (non-hydrogen) atoms. The molecule has 5 nitrogen and oxygen atoms in total. The largest absolute Gasteiger partial charge is 0.345 e. The van der Waals surface area contributed by atoms with E-state index in [1.165, 1.54) is 0 Å². The lowest BCUT2D eigenvalue weighted by Crippen LogP contribution is -2.45. The molecule has 0 radical (unpaired) electrons. The fourth-order valence-electron chi connectivity index (χ4n) is 4.36. The Balaban J connectivity index is 1.65. The number of thiophene rings is 1. The highest BCUT2D eigenvalue weighted by molar-refractivity contribution is 7.10. The highest BCUT2D eigenvalue weighted by atomic mass is 32.1. The van der Waals surface area contributed by atoms with Crippen molar-refractivity contribution in [3.63, 3.8) is 0 Å². The summed E-state index contributed by atoms with van der Waals surface area (Å²) in [6.45, 7) is 3.05. The molecule has 4 rings (SSSR count). The van der Waals surface area contributed by atoms with Gasteiger partial charge < -0.3 is 10.2 Å². The predicted octanol–water partition coefficient (Wildman–Crippen LogP) is 3.94. The second-order valence-electron chi connectivity index (χ2n) is 8.17. The van der Waals surface area contributed by atoms with Crippen molar-refractivity contribution in [2.45, 2.75) is 19.8 Å². The number of nitrogens with zero attached hydrogens (tertiary/aromatic N) is 2. The number of hydrogen-bond acceptors (Lipinski definition) is 4. The van der Waals surface area contributed by atoms with E-state index in [0.29, 0.717) is 31.5 Å². The average molecular weight is 444 g/mol. The minimum atomic E-state index is -0.740. The summed E-state index contributed by atoms with van der Waals surface area (Å²) >= 11 is 1.56. The van der Waals surface area contributed by atoms with Crippen LogP contribution in [-0.4, -0.2) is 41.3 Å². The molecule has 1 aliphatic heterocycles. The first-order valence-corrected chi connectivity index (χ1v) is 11.4. The van der Waals surface area contributed by atoms with Crippen molar-refractivity contribution in [3.05, 3.63) is 76.2 Å². The van der Waals surface area contributed by atoms with E-state index in [4.69, 9.17) is 6.42 Å². The molecule has 1 unspecified atom stereocenters. The zero-order chi connectivity index (χ0) is 22.6. The van der Waals surface area contributed by atoms with Gasteiger partial charge in [-0.25, -0.2) is 0 Å². The summed E-state index contributed by atoms with van der Waals surface area (Å²) in [5.74, 6) is 2.35. The van der Waals surface area contributed by atoms with E-state index in [1.54, 1.807) is 22.4 Å². The molecule has 3 aromatic rings. The standard InChI is InChI=1S/C26H25N3O2S/c1-3-11-28-25(31)26(10-13-29(18-26)24(30)22-14-19(2)32-17-22)15-20-7-4-5-9-23(20)21-8-6-12-27-16-21/h1,4-9,12,14,16-17H,10-11,13,15,18H2,2H3,(H,28,31). The van der Waals surface area contributed by atoms with Gasteiger partial charge in [-0.3, -0.25) is 14.6 Å². The quantitative estimate of drug-likeness (QED) is 0.587. The van der Waals surface area contributed by atoms with E-state index >= 15 is 0 Å². The Morgan fingerprint density at radius 1 is 1.28 bits per heavy atom. The van der Waals surface area contributed by atoms with Gasteiger partial charge in [-0.1, -0.05) is 36.3 Å². The van der Waals surface area contributed by atoms with Crippen molar-refractivity contribution < 1.29 is 9.59 Å². The molecule has 6 heteroatoms. The molecule has 0 aliphatic carbocycles. The van der Waals surface area contributed by atoms with Gasteiger partial charge in [0, 0.05) is 41.3 Å². The topological polar surface area (TPSA) is 62.3 Å². The molecule has 0 spiro atoms. The summed E-state index contributed by atoms with van der Waals surface area (Å²) in [7, 11) is 0. The Kier molecular flexibility index (Phi) is 6.38. The second-order valence-corrected chi connectivity index (χ2v) is 9.28. The molecular formula is C26H25N3O2S. The van der Waals surface area contributed by atoms with Gasteiger partial charge in [-0.15, -0.1) is 17.8 Å². The first-order valence-electron chi connectivity index (χ1n) is 10.6. The molecular weight excluding hydrogens is 418 g/mol. The Hall–Kier alpha value is -3.43. The van der Waals surface area contributed by atoms with Crippen molar-refractivity contribution in [2.75, 3.05) is 19.6 Å². The summed E-state index contributed by atoms with van der Waals surface area (Å²) in [5, 5.41) is 4.76. The normalized spacial score (nSPS) is 17.7. The molecule has 0 bridgehead atoms. The van der Waals surface area contributed by atoms with Gasteiger partial charge in [0.1, 0.15) is 0 Å². The fourth-order valence-corrected chi connectivity index (χ4v) is 5.03. The number of aromatic nitrogens is 1. The van der Waals surface area contributed by atoms with E-state index < -0.39 is 5.41 Å². The zero-order valence-corrected chi connectivity index (χ0v) is 18.8. The van der Waals surface area contributed by atoms with Crippen LogP contribution in [0.25, 0.3) is 11.1 Å². The first kappa shape index (κ1) is 21.8. The summed E-state index contributed by atoms with van der Waals surface area (Å²) < 4.78 is 0. The van der Waals surface area contributed by atoms with Crippen LogP contribution in [0.1, 0.15) is 27.2 Å². The van der Waals surface area contributed by atoms with Crippen LogP contribution in [-0.2, 0) is 11.2 Å². The first-order chi connectivity index (χ1) is 15.5. The molecule has 1 saturated heterocycles. The Morgan fingerprint density at radius 2 is 2.12 bits per heavy atom. The number of hydrogen-bond donors (Lipinski definition) is 1. The maximum atomic E-state index is 13.3. The van der Waals surface area contributed by atoms with E-state index in [0.717, 1.165) is 21.6 Å². The molecule has 1 fully saturated rings. The molecule has 1 aliphatic rings. The van der Waals surface area contributed by atoms with Crippen LogP contribution in [0.5, 0.6) is 0 Å². The van der Waals surface area contributed by atoms with Crippen LogP contribution < -0.4 is 5.32 Å². The van der Waals surface area contributed by atoms with Gasteiger partial charge in [-0.05, 0) is 43.0 Å². The van der Waals surface area contributed by atoms with Crippen LogP contribution in [0.2, 0.25) is 0 Å². The summed E-state index contributed by atoms with van der Waals surface area (Å²) in [6.07, 6.45) is 10.1. The number of pyridine rings is 1. The Morgan fingerprint density at radius 3 is 2.84 bits per heavy atom. The van der Waals surface area contributed by atoms with Gasteiger partial charge in [0.2, 0.25) is 5.91 Å². The minimum Gasteiger partial charge on any atom is -0.345 e. The lowest BCUT2D eigenvalue weighted by molar-refractivity contribution is -0.130. The van der Waals surface area contributed by atoms with Crippen molar-refractivity contribution >= 4 is 23.2 Å². The van der Waals surface area contributed by atoms with Crippen molar-refractivity contribution in [2.24, 2.45) is 5.41 Å². The third-order valence-electron chi connectivity index (χ3n) is 5.97. The number of rotatable bonds is 6. The lowest BCUT2D eigenvalue weighted by atomic mass is 9.78. The van der Waals surface area contributed by atoms with Crippen LogP contribution >= 0.6 is 11.3 Å². The van der Waals surface area contributed by atoms with Crippen LogP contribution in [0.3, 0.4) is 0 Å². The average Bonchev–Trinajstić information content (AvgIpc) is 3.45. The number of likely N-dealkylation sites (tertiary alicyclic amines) is 1. The maximum Gasteiger partial charge on any atom is 0.254 e. The van der Waals surface area contributed by atoms with Gasteiger partial charge in [-0.2, -0.15) is 0 Å². The number of carbonyl (C=O) groups is 2. The van der Waals surface area contributed by atoms with Crippen LogP contribution in [0.4, 0.5) is 0 Å². The van der Waals surface area contributed by atoms with Crippen LogP contribution in [0, 0.1) is 24.7 Å². The van der Waals surface area contributed by atoms with Crippen molar-refractivity contribution in [1.29, 1.82) is 0 Å². The molecule has 1 N–H and O–H groups in total. The van der Waals surface area contributed by atoms with Crippen LogP contribution in [0.15, 0.2) is 60.2 Å². The molecule has 2 amide bonds. The molecule has 0 saturated carbocycles. The fraction of sp³-hybridized carbons (Fsp3) is 0.269. The van der Waals surface area contributed by atoms with E-state index in [1.807, 2.05) is 61.0 Å². The van der Waals surface area contributed by atoms with Gasteiger partial charge in [0.05, 0.1) is 17.5 Å². The summed E-state index contributed by atoms with van der Waals surface area (Å²) in [6, 6.07) is 13.9. The third kappa shape index (κ3) is 4.44. The van der Waals surface area contributed by atoms with E-state index in [2.05, 4.69) is 16.2 Å². The lowest BCUT2D eigenvalue weighted by Gasteiger charge is -2.29. The SMILES string of the molecule is C#CCNC(=O)C1(Cc2ccccc2-c2cccnc2)CCN(C(=O)c2csc(C)c2)C1. The number of benzene rings is 1. The Bertz CT molecular complexity index is 1170. The van der Waals surface area contributed by atoms with E-state index in [-0.39, 0.29) is 18.4 Å². The highest BCUT2D eigenvalue weighted by Gasteiger charge is 2.46. The molecule has 162 valence electrons. The maximum absolute atomic E-state index is 13.3. The minimum absolute atomic E-state index is 0.0264. The number of carbonyl (C=O) groups excluding carboxylic acids is 2. The van der Waals surface area contributed by atoms with E-state index in [9.17, 15) is 9.59 Å². The smallest absolute Gasteiger partial charge is 0.254 e. The number of nitrogens with one attached hydrogen (secondary N) is 1. The number of amides is 2.